The zero-order chi connectivity index (χ0) is 29.6. The summed E-state index contributed by atoms with van der Waals surface area (Å²) >= 11 is 0. The Bertz CT molecular complexity index is 1470. The van der Waals surface area contributed by atoms with Crippen LogP contribution >= 0.6 is 0 Å². The first kappa shape index (κ1) is 29.6. The average molecular weight is 577 g/mol. The summed E-state index contributed by atoms with van der Waals surface area (Å²) in [4.78, 5) is 33.0. The molecule has 3 N–H and O–H groups in total. The van der Waals surface area contributed by atoms with Gasteiger partial charge < -0.3 is 15.6 Å². The lowest BCUT2D eigenvalue weighted by Gasteiger charge is -2.19. The van der Waals surface area contributed by atoms with E-state index in [2.05, 4.69) is 20.6 Å². The number of aryl methyl sites for hydroxylation is 1. The molecule has 0 radical (unpaired) electrons. The lowest BCUT2D eigenvalue weighted by atomic mass is 9.96. The normalized spacial score (nSPS) is 12.7. The second-order valence-corrected chi connectivity index (χ2v) is 9.50. The molecular formula is C29H26F6N4O2. The number of alkyl halides is 6. The number of aromatic nitrogens is 2. The van der Waals surface area contributed by atoms with Gasteiger partial charge in [-0.1, -0.05) is 18.2 Å². The molecule has 2 aromatic heterocycles. The molecule has 0 bridgehead atoms. The van der Waals surface area contributed by atoms with Crippen LogP contribution in [0.25, 0.3) is 10.9 Å². The van der Waals surface area contributed by atoms with Crippen LogP contribution in [-0.2, 0) is 36.4 Å². The molecule has 2 amide bonds. The quantitative estimate of drug-likeness (QED) is 0.195. The molecule has 12 heteroatoms. The zero-order valence-corrected chi connectivity index (χ0v) is 21.6. The number of para-hydroxylation sites is 1. The summed E-state index contributed by atoms with van der Waals surface area (Å²) in [7, 11) is 0. The highest BCUT2D eigenvalue weighted by molar-refractivity contribution is 5.90. The molecule has 1 atom stereocenters. The van der Waals surface area contributed by atoms with Crippen LogP contribution in [0, 0.1) is 0 Å². The smallest absolute Gasteiger partial charge is 0.361 e. The number of carbonyl (C=O) groups excluding carboxylic acids is 2. The zero-order valence-electron chi connectivity index (χ0n) is 21.6. The molecule has 0 aliphatic carbocycles. The van der Waals surface area contributed by atoms with Gasteiger partial charge in [-0.2, -0.15) is 26.3 Å². The van der Waals surface area contributed by atoms with Crippen LogP contribution in [-0.4, -0.2) is 34.4 Å². The third-order valence-electron chi connectivity index (χ3n) is 6.55. The molecule has 2 heterocycles. The average Bonchev–Trinajstić information content (AvgIpc) is 3.33. The van der Waals surface area contributed by atoms with E-state index in [0.717, 1.165) is 22.0 Å². The maximum atomic E-state index is 13.3. The highest BCUT2D eigenvalue weighted by Gasteiger charge is 2.37. The van der Waals surface area contributed by atoms with Gasteiger partial charge in [0.15, 0.2) is 5.78 Å². The Hall–Kier alpha value is -4.35. The Labute approximate surface area is 231 Å². The number of nitrogens with one attached hydrogen (secondary N) is 3. The Kier molecular flexibility index (Phi) is 8.99. The Morgan fingerprint density at radius 1 is 0.854 bits per heavy atom. The van der Waals surface area contributed by atoms with Gasteiger partial charge in [-0.05, 0) is 65.9 Å². The minimum absolute atomic E-state index is 0.0446. The molecule has 4 aromatic rings. The number of urea groups is 1. The van der Waals surface area contributed by atoms with Crippen LogP contribution in [0.5, 0.6) is 0 Å². The summed E-state index contributed by atoms with van der Waals surface area (Å²) in [6, 6.07) is 10.4. The minimum Gasteiger partial charge on any atom is -0.361 e. The van der Waals surface area contributed by atoms with E-state index in [4.69, 9.17) is 0 Å². The number of nitrogens with zero attached hydrogens (tertiary/aromatic N) is 1. The van der Waals surface area contributed by atoms with E-state index in [1.807, 2.05) is 24.3 Å². The molecule has 1 unspecified atom stereocenters. The number of aromatic amines is 1. The summed E-state index contributed by atoms with van der Waals surface area (Å²) < 4.78 is 79.6. The highest BCUT2D eigenvalue weighted by Crippen LogP contribution is 2.36. The van der Waals surface area contributed by atoms with Gasteiger partial charge in [0.2, 0.25) is 0 Å². The molecule has 41 heavy (non-hydrogen) atoms. The maximum absolute atomic E-state index is 13.3. The molecule has 0 fully saturated rings. The predicted molar refractivity (Wildman–Crippen MR) is 140 cm³/mol. The Morgan fingerprint density at radius 3 is 2.17 bits per heavy atom. The lowest BCUT2D eigenvalue weighted by Crippen LogP contribution is -2.47. The third-order valence-corrected chi connectivity index (χ3v) is 6.55. The number of fused-ring (bicyclic) bond motifs is 1. The summed E-state index contributed by atoms with van der Waals surface area (Å²) in [6.45, 7) is 0.258. The van der Waals surface area contributed by atoms with Crippen molar-refractivity contribution in [1.82, 2.24) is 20.6 Å². The number of ketones is 1. The number of carbonyl (C=O) groups is 2. The molecule has 0 aliphatic rings. The number of pyridine rings is 1. The lowest BCUT2D eigenvalue weighted by molar-refractivity contribution is -0.143. The molecule has 0 saturated carbocycles. The van der Waals surface area contributed by atoms with Gasteiger partial charge in [-0.15, -0.1) is 0 Å². The van der Waals surface area contributed by atoms with E-state index in [9.17, 15) is 35.9 Å². The van der Waals surface area contributed by atoms with E-state index in [1.165, 1.54) is 0 Å². The standard InChI is InChI=1S/C29H26F6N4O2/c30-28(31,32)21-13-19(14-22(16-21)29(33,34)35)5-6-26(40)25(15-20-17-38-24-4-2-1-3-23(20)24)39-27(41)37-12-9-18-7-10-36-11-8-18/h1-4,7-8,10-11,13-14,16-17,25,38H,5-6,9,12,15H2,(H2,37,39,41). The van der Waals surface area contributed by atoms with Crippen LogP contribution < -0.4 is 10.6 Å². The van der Waals surface area contributed by atoms with Crippen LogP contribution in [0.15, 0.2) is 73.2 Å². The Morgan fingerprint density at radius 2 is 1.51 bits per heavy atom. The van der Waals surface area contributed by atoms with Crippen molar-refractivity contribution in [2.75, 3.05) is 6.54 Å². The molecule has 216 valence electrons. The second-order valence-electron chi connectivity index (χ2n) is 9.50. The predicted octanol–water partition coefficient (Wildman–Crippen LogP) is 6.26. The van der Waals surface area contributed by atoms with E-state index in [0.29, 0.717) is 18.6 Å². The monoisotopic (exact) mass is 576 g/mol. The van der Waals surface area contributed by atoms with E-state index in [1.54, 1.807) is 30.7 Å². The van der Waals surface area contributed by atoms with Crippen molar-refractivity contribution in [1.29, 1.82) is 0 Å². The SMILES string of the molecule is O=C(NCCc1ccncc1)NC(Cc1c[nH]c2ccccc12)C(=O)CCc1cc(C(F)(F)F)cc(C(F)(F)F)c1. The topological polar surface area (TPSA) is 86.9 Å². The summed E-state index contributed by atoms with van der Waals surface area (Å²) in [5.74, 6) is -0.537. The molecular weight excluding hydrogens is 550 g/mol. The minimum atomic E-state index is -4.99. The van der Waals surface area contributed by atoms with Gasteiger partial charge in [0.1, 0.15) is 0 Å². The summed E-state index contributed by atoms with van der Waals surface area (Å²) in [5.41, 5.74) is -0.721. The van der Waals surface area contributed by atoms with Crippen molar-refractivity contribution in [3.05, 3.63) is 101 Å². The van der Waals surface area contributed by atoms with Crippen molar-refractivity contribution in [2.24, 2.45) is 0 Å². The van der Waals surface area contributed by atoms with Crippen molar-refractivity contribution >= 4 is 22.7 Å². The Balaban J connectivity index is 1.49. The first-order valence-corrected chi connectivity index (χ1v) is 12.7. The van der Waals surface area contributed by atoms with Crippen molar-refractivity contribution in [3.63, 3.8) is 0 Å². The van der Waals surface area contributed by atoms with Crippen LogP contribution in [0.1, 0.15) is 34.2 Å². The first-order valence-electron chi connectivity index (χ1n) is 12.7. The molecule has 2 aromatic carbocycles. The third kappa shape index (κ3) is 8.09. The number of hydrogen-bond acceptors (Lipinski definition) is 3. The highest BCUT2D eigenvalue weighted by atomic mass is 19.4. The van der Waals surface area contributed by atoms with Gasteiger partial charge in [0.25, 0.3) is 0 Å². The molecule has 0 spiro atoms. The van der Waals surface area contributed by atoms with Gasteiger partial charge in [-0.25, -0.2) is 4.79 Å². The van der Waals surface area contributed by atoms with Crippen molar-refractivity contribution < 1.29 is 35.9 Å². The molecule has 0 aliphatic heterocycles. The number of Topliss-reactive ketones (excluding diaryl/α,β-unsaturated/α-hetero) is 1. The largest absolute Gasteiger partial charge is 0.416 e. The summed E-state index contributed by atoms with van der Waals surface area (Å²) in [5, 5.41) is 6.12. The number of halogens is 6. The van der Waals surface area contributed by atoms with Gasteiger partial charge >= 0.3 is 18.4 Å². The van der Waals surface area contributed by atoms with Crippen molar-refractivity contribution in [2.45, 2.75) is 44.1 Å². The van der Waals surface area contributed by atoms with E-state index in [-0.39, 0.29) is 37.4 Å². The maximum Gasteiger partial charge on any atom is 0.416 e. The first-order chi connectivity index (χ1) is 19.4. The number of amides is 2. The fourth-order valence-electron chi connectivity index (χ4n) is 4.45. The number of hydrogen-bond donors (Lipinski definition) is 3. The van der Waals surface area contributed by atoms with Gasteiger partial charge in [0, 0.05) is 48.9 Å². The van der Waals surface area contributed by atoms with E-state index < -0.39 is 41.3 Å². The van der Waals surface area contributed by atoms with Crippen LogP contribution in [0.4, 0.5) is 31.1 Å². The van der Waals surface area contributed by atoms with Gasteiger partial charge in [0.05, 0.1) is 17.2 Å². The van der Waals surface area contributed by atoms with Crippen molar-refractivity contribution in [3.8, 4) is 0 Å². The number of rotatable bonds is 10. The molecule has 4 rings (SSSR count). The second kappa shape index (κ2) is 12.4. The van der Waals surface area contributed by atoms with Crippen LogP contribution in [0.3, 0.4) is 0 Å². The van der Waals surface area contributed by atoms with Crippen LogP contribution in [0.2, 0.25) is 0 Å². The molecule has 0 saturated heterocycles. The van der Waals surface area contributed by atoms with Gasteiger partial charge in [-0.3, -0.25) is 9.78 Å². The summed E-state index contributed by atoms with van der Waals surface area (Å²) in [6.07, 6.45) is -5.24. The number of benzene rings is 2. The van der Waals surface area contributed by atoms with E-state index >= 15 is 0 Å². The molecule has 6 nitrogen and oxygen atoms in total. The fraction of sp³-hybridized carbons (Fsp3) is 0.276. The number of H-pyrrole nitrogens is 1. The fourth-order valence-corrected chi connectivity index (χ4v) is 4.45.